The van der Waals surface area contributed by atoms with Crippen molar-refractivity contribution in [3.8, 4) is 0 Å². The quantitative estimate of drug-likeness (QED) is 0.558. The summed E-state index contributed by atoms with van der Waals surface area (Å²) >= 11 is 0. The number of nitrogens with zero attached hydrogens (tertiary/aromatic N) is 3. The molecule has 1 aromatic carbocycles. The molecule has 102 valence electrons. The van der Waals surface area contributed by atoms with Gasteiger partial charge in [0.2, 0.25) is 0 Å². The fourth-order valence-electron chi connectivity index (χ4n) is 2.45. The van der Waals surface area contributed by atoms with Crippen LogP contribution >= 0.6 is 0 Å². The molecule has 0 saturated heterocycles. The Kier molecular flexibility index (Phi) is 3.45. The van der Waals surface area contributed by atoms with E-state index in [0.717, 1.165) is 17.5 Å². The van der Waals surface area contributed by atoms with Crippen LogP contribution in [0.1, 0.15) is 17.2 Å². The first-order valence-corrected chi connectivity index (χ1v) is 6.55. The number of hydrogen-bond acceptors (Lipinski definition) is 4. The maximum absolute atomic E-state index is 5.70. The van der Waals surface area contributed by atoms with Crippen LogP contribution in [-0.2, 0) is 13.5 Å². The van der Waals surface area contributed by atoms with Gasteiger partial charge in [0.25, 0.3) is 0 Å². The summed E-state index contributed by atoms with van der Waals surface area (Å²) in [4.78, 5) is 4.38. The highest BCUT2D eigenvalue weighted by atomic mass is 15.3. The van der Waals surface area contributed by atoms with Crippen molar-refractivity contribution >= 4 is 10.9 Å². The minimum atomic E-state index is 0.0366. The number of rotatable bonds is 4. The van der Waals surface area contributed by atoms with Gasteiger partial charge in [-0.3, -0.25) is 20.9 Å². The molecule has 0 fully saturated rings. The Morgan fingerprint density at radius 2 is 2.15 bits per heavy atom. The topological polar surface area (TPSA) is 68.8 Å². The van der Waals surface area contributed by atoms with Gasteiger partial charge in [-0.05, 0) is 24.1 Å². The second-order valence-electron chi connectivity index (χ2n) is 4.86. The van der Waals surface area contributed by atoms with E-state index in [1.165, 1.54) is 10.9 Å². The van der Waals surface area contributed by atoms with Crippen LogP contribution in [-0.4, -0.2) is 14.8 Å². The summed E-state index contributed by atoms with van der Waals surface area (Å²) in [5.74, 6) is 5.70. The summed E-state index contributed by atoms with van der Waals surface area (Å²) in [5, 5.41) is 5.36. The molecule has 3 rings (SSSR count). The molecule has 0 aliphatic carbocycles. The molecular weight excluding hydrogens is 250 g/mol. The van der Waals surface area contributed by atoms with Crippen molar-refractivity contribution < 1.29 is 0 Å². The van der Waals surface area contributed by atoms with Gasteiger partial charge in [-0.15, -0.1) is 0 Å². The van der Waals surface area contributed by atoms with Crippen LogP contribution < -0.4 is 11.3 Å². The SMILES string of the molecule is Cn1cc(C(Cc2ccnc3ccccc23)NN)cn1. The Balaban J connectivity index is 1.95. The molecule has 0 aliphatic rings. The van der Waals surface area contributed by atoms with Crippen LogP contribution in [0, 0.1) is 0 Å². The van der Waals surface area contributed by atoms with Gasteiger partial charge in [0.05, 0.1) is 17.8 Å². The molecule has 5 nitrogen and oxygen atoms in total. The lowest BCUT2D eigenvalue weighted by Gasteiger charge is -2.15. The monoisotopic (exact) mass is 267 g/mol. The molecule has 0 aliphatic heterocycles. The van der Waals surface area contributed by atoms with Crippen LogP contribution in [0.15, 0.2) is 48.9 Å². The Hall–Kier alpha value is -2.24. The van der Waals surface area contributed by atoms with Crippen molar-refractivity contribution in [1.29, 1.82) is 0 Å². The van der Waals surface area contributed by atoms with Gasteiger partial charge in [-0.2, -0.15) is 5.10 Å². The van der Waals surface area contributed by atoms with Crippen molar-refractivity contribution in [3.63, 3.8) is 0 Å². The number of para-hydroxylation sites is 1. The van der Waals surface area contributed by atoms with Crippen molar-refractivity contribution in [2.24, 2.45) is 12.9 Å². The van der Waals surface area contributed by atoms with Crippen LogP contribution in [0.25, 0.3) is 10.9 Å². The lowest BCUT2D eigenvalue weighted by molar-refractivity contribution is 0.553. The van der Waals surface area contributed by atoms with Gasteiger partial charge < -0.3 is 0 Å². The molecule has 2 heterocycles. The predicted molar refractivity (Wildman–Crippen MR) is 78.7 cm³/mol. The van der Waals surface area contributed by atoms with Crippen molar-refractivity contribution in [2.75, 3.05) is 0 Å². The highest BCUT2D eigenvalue weighted by Gasteiger charge is 2.14. The van der Waals surface area contributed by atoms with E-state index < -0.39 is 0 Å². The molecule has 20 heavy (non-hydrogen) atoms. The first-order chi connectivity index (χ1) is 9.78. The Morgan fingerprint density at radius 1 is 1.30 bits per heavy atom. The van der Waals surface area contributed by atoms with Crippen molar-refractivity contribution in [2.45, 2.75) is 12.5 Å². The van der Waals surface area contributed by atoms with E-state index in [1.54, 1.807) is 4.68 Å². The Labute approximate surface area is 117 Å². The van der Waals surface area contributed by atoms with E-state index in [0.29, 0.717) is 0 Å². The molecule has 0 spiro atoms. The zero-order chi connectivity index (χ0) is 13.9. The van der Waals surface area contributed by atoms with E-state index in [9.17, 15) is 0 Å². The largest absolute Gasteiger partial charge is 0.275 e. The lowest BCUT2D eigenvalue weighted by atomic mass is 9.99. The first kappa shape index (κ1) is 12.8. The molecule has 1 atom stereocenters. The molecule has 5 heteroatoms. The maximum atomic E-state index is 5.70. The highest BCUT2D eigenvalue weighted by Crippen LogP contribution is 2.22. The van der Waals surface area contributed by atoms with Gasteiger partial charge >= 0.3 is 0 Å². The van der Waals surface area contributed by atoms with E-state index in [-0.39, 0.29) is 6.04 Å². The molecule has 0 radical (unpaired) electrons. The number of pyridine rings is 1. The fraction of sp³-hybridized carbons (Fsp3) is 0.200. The normalized spacial score (nSPS) is 12.7. The predicted octanol–water partition coefficient (Wildman–Crippen LogP) is 1.72. The fourth-order valence-corrected chi connectivity index (χ4v) is 2.45. The summed E-state index contributed by atoms with van der Waals surface area (Å²) in [6.07, 6.45) is 6.46. The molecule has 1 unspecified atom stereocenters. The zero-order valence-corrected chi connectivity index (χ0v) is 11.3. The molecule has 3 N–H and O–H groups in total. The molecule has 0 bridgehead atoms. The van der Waals surface area contributed by atoms with Gasteiger partial charge in [0.15, 0.2) is 0 Å². The van der Waals surface area contributed by atoms with Crippen LogP contribution in [0.2, 0.25) is 0 Å². The zero-order valence-electron chi connectivity index (χ0n) is 11.3. The van der Waals surface area contributed by atoms with Crippen LogP contribution in [0.3, 0.4) is 0 Å². The second kappa shape index (κ2) is 5.40. The highest BCUT2D eigenvalue weighted by molar-refractivity contribution is 5.81. The second-order valence-corrected chi connectivity index (χ2v) is 4.86. The van der Waals surface area contributed by atoms with E-state index in [4.69, 9.17) is 5.84 Å². The number of aryl methyl sites for hydroxylation is 1. The van der Waals surface area contributed by atoms with Crippen LogP contribution in [0.4, 0.5) is 0 Å². The minimum absolute atomic E-state index is 0.0366. The van der Waals surface area contributed by atoms with Gasteiger partial charge in [-0.25, -0.2) is 0 Å². The average Bonchev–Trinajstić information content (AvgIpc) is 2.91. The molecule has 0 amide bonds. The summed E-state index contributed by atoms with van der Waals surface area (Å²) < 4.78 is 1.78. The van der Waals surface area contributed by atoms with Gasteiger partial charge in [0.1, 0.15) is 0 Å². The summed E-state index contributed by atoms with van der Waals surface area (Å²) in [6, 6.07) is 10.2. The first-order valence-electron chi connectivity index (χ1n) is 6.55. The molecular formula is C15H17N5. The smallest absolute Gasteiger partial charge is 0.0704 e. The van der Waals surface area contributed by atoms with Crippen molar-refractivity contribution in [3.05, 3.63) is 60.0 Å². The number of benzene rings is 1. The third-order valence-electron chi connectivity index (χ3n) is 3.49. The number of hydrazine groups is 1. The Morgan fingerprint density at radius 3 is 2.90 bits per heavy atom. The number of nitrogens with one attached hydrogen (secondary N) is 1. The maximum Gasteiger partial charge on any atom is 0.0704 e. The van der Waals surface area contributed by atoms with E-state index in [2.05, 4.69) is 21.6 Å². The van der Waals surface area contributed by atoms with Crippen LogP contribution in [0.5, 0.6) is 0 Å². The van der Waals surface area contributed by atoms with E-state index >= 15 is 0 Å². The molecule has 0 saturated carbocycles. The molecule has 3 aromatic rings. The van der Waals surface area contributed by atoms with E-state index in [1.807, 2.05) is 49.9 Å². The summed E-state index contributed by atoms with van der Waals surface area (Å²) in [5.41, 5.74) is 6.18. The van der Waals surface area contributed by atoms with Crippen molar-refractivity contribution in [1.82, 2.24) is 20.2 Å². The summed E-state index contributed by atoms with van der Waals surface area (Å²) in [7, 11) is 1.90. The number of hydrogen-bond donors (Lipinski definition) is 2. The molecule has 2 aromatic heterocycles. The number of aromatic nitrogens is 3. The van der Waals surface area contributed by atoms with Gasteiger partial charge in [-0.1, -0.05) is 18.2 Å². The average molecular weight is 267 g/mol. The number of nitrogens with two attached hydrogens (primary N) is 1. The summed E-state index contributed by atoms with van der Waals surface area (Å²) in [6.45, 7) is 0. The standard InChI is InChI=1S/C15H17N5/c1-20-10-12(9-18-20)15(19-16)8-11-6-7-17-14-5-3-2-4-13(11)14/h2-7,9-10,15,19H,8,16H2,1H3. The van der Waals surface area contributed by atoms with Gasteiger partial charge in [0, 0.05) is 30.4 Å². The lowest BCUT2D eigenvalue weighted by Crippen LogP contribution is -2.29. The Bertz CT molecular complexity index is 714. The number of fused-ring (bicyclic) bond motifs is 1. The third kappa shape index (κ3) is 2.41. The third-order valence-corrected chi connectivity index (χ3v) is 3.49. The minimum Gasteiger partial charge on any atom is -0.275 e.